The fourth-order valence-corrected chi connectivity index (χ4v) is 7.79. The second-order valence-electron chi connectivity index (χ2n) is 10.8. The molecule has 6 aromatic carbocycles. The third kappa shape index (κ3) is 2.52. The fourth-order valence-electron chi connectivity index (χ4n) is 7.79. The molecule has 0 saturated carbocycles. The molecule has 0 radical (unpaired) electrons. The summed E-state index contributed by atoms with van der Waals surface area (Å²) in [5.74, 6) is 0. The summed E-state index contributed by atoms with van der Waals surface area (Å²) in [6.45, 7) is 0.175. The lowest BCUT2D eigenvalue weighted by Gasteiger charge is -2.46. The van der Waals surface area contributed by atoms with Crippen LogP contribution in [-0.4, -0.2) is 11.3 Å². The van der Waals surface area contributed by atoms with Crippen LogP contribution in [0.5, 0.6) is 0 Å². The predicted molar refractivity (Wildman–Crippen MR) is 164 cm³/mol. The van der Waals surface area contributed by atoms with Crippen molar-refractivity contribution in [2.24, 2.45) is 0 Å². The predicted octanol–water partition coefficient (Wildman–Crippen LogP) is 6.31. The molecule has 2 aliphatic heterocycles. The molecule has 0 spiro atoms. The normalized spacial score (nSPS) is 14.3. The van der Waals surface area contributed by atoms with Crippen LogP contribution in [-0.2, 0) is 5.41 Å². The molecule has 0 saturated heterocycles. The van der Waals surface area contributed by atoms with Crippen molar-refractivity contribution < 1.29 is 0 Å². The Bertz CT molecular complexity index is 2030. The van der Waals surface area contributed by atoms with E-state index in [9.17, 15) is 0 Å². The third-order valence-corrected chi connectivity index (χ3v) is 9.14. The lowest BCUT2D eigenvalue weighted by Crippen LogP contribution is -2.64. The molecular weight excluding hydrogens is 469 g/mol. The Morgan fingerprint density at radius 3 is 1.85 bits per heavy atom. The Balaban J connectivity index is 1.53. The summed E-state index contributed by atoms with van der Waals surface area (Å²) in [5, 5.41) is 2.65. The highest BCUT2D eigenvalue weighted by Gasteiger charge is 2.50. The number of nitrogens with zero attached hydrogens (tertiary/aromatic N) is 1. The van der Waals surface area contributed by atoms with Crippen LogP contribution >= 0.6 is 0 Å². The van der Waals surface area contributed by atoms with Crippen molar-refractivity contribution in [2.75, 3.05) is 0 Å². The van der Waals surface area contributed by atoms with Gasteiger partial charge in [0.25, 0.3) is 0 Å². The molecule has 0 fully saturated rings. The summed E-state index contributed by atoms with van der Waals surface area (Å²) in [4.78, 5) is 0. The molecule has 0 bridgehead atoms. The summed E-state index contributed by atoms with van der Waals surface area (Å²) in [6.07, 6.45) is 0. The smallest absolute Gasteiger partial charge is 0.247 e. The topological polar surface area (TPSA) is 4.93 Å². The molecule has 9 rings (SSSR count). The van der Waals surface area contributed by atoms with E-state index in [0.29, 0.717) is 0 Å². The van der Waals surface area contributed by atoms with Gasteiger partial charge in [-0.1, -0.05) is 139 Å². The molecule has 39 heavy (non-hydrogen) atoms. The maximum Gasteiger partial charge on any atom is 0.247 e. The van der Waals surface area contributed by atoms with Gasteiger partial charge in [-0.05, 0) is 45.3 Å². The van der Waals surface area contributed by atoms with E-state index >= 15 is 0 Å². The number of rotatable bonds is 2. The Morgan fingerprint density at radius 1 is 0.462 bits per heavy atom. The molecule has 180 valence electrons. The molecule has 1 nitrogen and oxygen atoms in total. The highest BCUT2D eigenvalue weighted by Crippen LogP contribution is 2.47. The zero-order chi connectivity index (χ0) is 25.6. The molecule has 0 amide bonds. The first-order valence-electron chi connectivity index (χ1n) is 13.8. The highest BCUT2D eigenvalue weighted by atomic mass is 15.0. The number of benzene rings is 6. The van der Waals surface area contributed by atoms with Crippen molar-refractivity contribution in [3.05, 3.63) is 168 Å². The maximum atomic E-state index is 2.53. The molecule has 1 aromatic heterocycles. The lowest BCUT2D eigenvalue weighted by atomic mass is 9.29. The van der Waals surface area contributed by atoms with E-state index in [4.69, 9.17) is 0 Å². The average Bonchev–Trinajstić information content (AvgIpc) is 3.35. The molecule has 0 unspecified atom stereocenters. The van der Waals surface area contributed by atoms with E-state index in [1.54, 1.807) is 0 Å². The van der Waals surface area contributed by atoms with Gasteiger partial charge in [0.1, 0.15) is 0 Å². The Morgan fingerprint density at radius 2 is 1.05 bits per heavy atom. The van der Waals surface area contributed by atoms with Crippen LogP contribution in [0, 0.1) is 0 Å². The summed E-state index contributed by atoms with van der Waals surface area (Å²) >= 11 is 0. The summed E-state index contributed by atoms with van der Waals surface area (Å²) in [5.41, 5.74) is 13.1. The van der Waals surface area contributed by atoms with E-state index in [-0.39, 0.29) is 6.71 Å². The quantitative estimate of drug-likeness (QED) is 0.249. The Labute approximate surface area is 228 Å². The molecule has 0 atom stereocenters. The molecule has 7 aromatic rings. The zero-order valence-electron chi connectivity index (χ0n) is 21.4. The minimum absolute atomic E-state index is 0.175. The molecule has 2 aliphatic rings. The lowest BCUT2D eigenvalue weighted by molar-refractivity contribution is 0.750. The average molecular weight is 493 g/mol. The van der Waals surface area contributed by atoms with Crippen LogP contribution in [0.1, 0.15) is 22.3 Å². The fraction of sp³-hybridized carbons (Fsp3) is 0.0270. The van der Waals surface area contributed by atoms with Crippen LogP contribution in [0.25, 0.3) is 27.5 Å². The number of para-hydroxylation sites is 2. The van der Waals surface area contributed by atoms with Crippen LogP contribution in [0.2, 0.25) is 0 Å². The largest absolute Gasteiger partial charge is 0.310 e. The van der Waals surface area contributed by atoms with Crippen LogP contribution in [0.3, 0.4) is 0 Å². The monoisotopic (exact) mass is 493 g/mol. The first kappa shape index (κ1) is 21.2. The van der Waals surface area contributed by atoms with Crippen molar-refractivity contribution in [2.45, 2.75) is 5.41 Å². The third-order valence-electron chi connectivity index (χ3n) is 9.14. The van der Waals surface area contributed by atoms with Gasteiger partial charge in [-0.2, -0.15) is 0 Å². The van der Waals surface area contributed by atoms with E-state index in [1.807, 2.05) is 0 Å². The summed E-state index contributed by atoms with van der Waals surface area (Å²) < 4.78 is 2.53. The standard InChI is InChI=1S/C37H24BN/c1-3-13-25(14-4-1)37(26-15-5-2-6-16-26)29-19-8-9-21-31(29)38-32-22-11-18-28-27-17-7-10-23-33(27)39(36(28)32)34-24-12-20-30(37)35(34)38/h1-24H. The second-order valence-corrected chi connectivity index (χ2v) is 10.8. The molecule has 0 N–H and O–H groups in total. The van der Waals surface area contributed by atoms with Crippen LogP contribution < -0.4 is 16.4 Å². The molecule has 0 aliphatic carbocycles. The highest BCUT2D eigenvalue weighted by molar-refractivity contribution is 6.99. The van der Waals surface area contributed by atoms with Crippen molar-refractivity contribution in [1.82, 2.24) is 4.57 Å². The summed E-state index contributed by atoms with van der Waals surface area (Å²) in [7, 11) is 0. The number of fused-ring (bicyclic) bond motifs is 7. The van der Waals surface area contributed by atoms with Gasteiger partial charge in [-0.25, -0.2) is 0 Å². The SMILES string of the molecule is c1ccc(C2(c3ccccc3)c3ccccc3B3c4c(cccc42)-n2c4ccccc4c4cccc3c42)cc1. The molecule has 3 heterocycles. The number of hydrogen-bond donors (Lipinski definition) is 0. The van der Waals surface area contributed by atoms with Crippen molar-refractivity contribution in [1.29, 1.82) is 0 Å². The van der Waals surface area contributed by atoms with Crippen molar-refractivity contribution in [3.8, 4) is 5.69 Å². The minimum Gasteiger partial charge on any atom is -0.310 e. The van der Waals surface area contributed by atoms with Gasteiger partial charge in [0.15, 0.2) is 0 Å². The van der Waals surface area contributed by atoms with Gasteiger partial charge in [-0.3, -0.25) is 0 Å². The van der Waals surface area contributed by atoms with E-state index in [2.05, 4.69) is 150 Å². The molecule has 2 heteroatoms. The number of hydrogen-bond acceptors (Lipinski definition) is 0. The van der Waals surface area contributed by atoms with E-state index < -0.39 is 5.41 Å². The molecular formula is C37H24BN. The van der Waals surface area contributed by atoms with Crippen LogP contribution in [0.15, 0.2) is 146 Å². The number of aromatic nitrogens is 1. The van der Waals surface area contributed by atoms with Gasteiger partial charge < -0.3 is 4.57 Å². The van der Waals surface area contributed by atoms with Gasteiger partial charge in [0.05, 0.1) is 10.9 Å². The van der Waals surface area contributed by atoms with E-state index in [1.165, 1.54) is 66.1 Å². The van der Waals surface area contributed by atoms with Crippen molar-refractivity contribution in [3.63, 3.8) is 0 Å². The zero-order valence-corrected chi connectivity index (χ0v) is 21.4. The second kappa shape index (κ2) is 7.62. The Kier molecular flexibility index (Phi) is 4.13. The first-order valence-corrected chi connectivity index (χ1v) is 13.8. The first-order chi connectivity index (χ1) is 19.4. The minimum atomic E-state index is -0.421. The van der Waals surface area contributed by atoms with Gasteiger partial charge in [-0.15, -0.1) is 0 Å². The van der Waals surface area contributed by atoms with Gasteiger partial charge in [0.2, 0.25) is 6.71 Å². The summed E-state index contributed by atoms with van der Waals surface area (Å²) in [6, 6.07) is 54.2. The van der Waals surface area contributed by atoms with Gasteiger partial charge in [0, 0.05) is 22.0 Å². The van der Waals surface area contributed by atoms with E-state index in [0.717, 1.165) is 0 Å². The maximum absolute atomic E-state index is 2.53. The van der Waals surface area contributed by atoms with Crippen molar-refractivity contribution >= 4 is 44.9 Å². The Hall–Kier alpha value is -4.82. The van der Waals surface area contributed by atoms with Gasteiger partial charge >= 0.3 is 0 Å². The van der Waals surface area contributed by atoms with Crippen LogP contribution in [0.4, 0.5) is 0 Å².